The molecule has 2 aliphatic rings. The van der Waals surface area contributed by atoms with Crippen molar-refractivity contribution in [3.8, 4) is 12.1 Å². The van der Waals surface area contributed by atoms with Crippen LogP contribution in [0.1, 0.15) is 57.9 Å². The van der Waals surface area contributed by atoms with Crippen LogP contribution >= 0.6 is 11.8 Å². The van der Waals surface area contributed by atoms with Gasteiger partial charge in [0.2, 0.25) is 5.91 Å². The maximum absolute atomic E-state index is 16.1. The lowest BCUT2D eigenvalue weighted by atomic mass is 9.89. The molecule has 0 saturated carbocycles. The van der Waals surface area contributed by atoms with Crippen LogP contribution in [0, 0.1) is 40.1 Å². The van der Waals surface area contributed by atoms with E-state index in [1.165, 1.54) is 71.6 Å². The standard InChI is InChI=1S/C45H44F3N7O7S/c1-30(63-36-25-60-43(61-26-36)6-4-3-5-33-9-7-32(23-50)20-39(33)47)45(27-55-29-51-28-52-55,38-12-11-35(46)21-40(38)48)62-44(58)37-19-31(22-49)8-10-34(37)24-59-42(57)14-13-41(56)54-17-15-53(2)16-18-54/h3-12,19-21,28-30,36,43H,13-18,24-27H2,1-2H3/t30-,36?,43?,45-/m1/s1. The van der Waals surface area contributed by atoms with Crippen molar-refractivity contribution in [1.29, 1.82) is 10.5 Å². The van der Waals surface area contributed by atoms with Crippen LogP contribution in [0.15, 0.2) is 85.5 Å². The van der Waals surface area contributed by atoms with Crippen LogP contribution in [0.2, 0.25) is 0 Å². The van der Waals surface area contributed by atoms with E-state index in [0.717, 1.165) is 25.2 Å². The highest BCUT2D eigenvalue weighted by atomic mass is 32.2. The molecule has 18 heteroatoms. The number of halogens is 3. The minimum absolute atomic E-state index is 0.0521. The molecule has 1 aromatic heterocycles. The highest BCUT2D eigenvalue weighted by molar-refractivity contribution is 8.00. The number of allylic oxidation sites excluding steroid dienone is 2. The lowest BCUT2D eigenvalue weighted by Crippen LogP contribution is -2.47. The van der Waals surface area contributed by atoms with Gasteiger partial charge >= 0.3 is 11.9 Å². The van der Waals surface area contributed by atoms with Gasteiger partial charge in [0.05, 0.1) is 60.3 Å². The van der Waals surface area contributed by atoms with Gasteiger partial charge in [0.15, 0.2) is 11.9 Å². The maximum atomic E-state index is 16.1. The molecular weight excluding hydrogens is 840 g/mol. The smallest absolute Gasteiger partial charge is 0.339 e. The van der Waals surface area contributed by atoms with Crippen LogP contribution < -0.4 is 0 Å². The molecule has 0 aliphatic carbocycles. The van der Waals surface area contributed by atoms with E-state index in [4.69, 9.17) is 24.2 Å². The summed E-state index contributed by atoms with van der Waals surface area (Å²) in [6.45, 7) is 3.90. The van der Waals surface area contributed by atoms with Crippen LogP contribution in [-0.4, -0.2) is 106 Å². The minimum atomic E-state index is -1.92. The second-order valence-corrected chi connectivity index (χ2v) is 16.5. The van der Waals surface area contributed by atoms with E-state index in [1.54, 1.807) is 30.1 Å². The first-order chi connectivity index (χ1) is 30.4. The third-order valence-corrected chi connectivity index (χ3v) is 11.9. The molecular formula is C45H44F3N7O7S. The number of rotatable bonds is 16. The van der Waals surface area contributed by atoms with Crippen molar-refractivity contribution in [2.45, 2.75) is 55.3 Å². The lowest BCUT2D eigenvalue weighted by Gasteiger charge is -2.40. The third kappa shape index (κ3) is 12.2. The number of benzene rings is 3. The third-order valence-electron chi connectivity index (χ3n) is 10.5. The molecule has 0 unspecified atom stereocenters. The molecule has 2 fully saturated rings. The number of nitrogens with zero attached hydrogens (tertiary/aromatic N) is 7. The van der Waals surface area contributed by atoms with E-state index in [0.29, 0.717) is 24.7 Å². The zero-order chi connectivity index (χ0) is 44.9. The quantitative estimate of drug-likeness (QED) is 0.0960. The molecule has 3 aromatic carbocycles. The maximum Gasteiger partial charge on any atom is 0.339 e. The molecule has 14 nitrogen and oxygen atoms in total. The first-order valence-corrected chi connectivity index (χ1v) is 20.9. The molecule has 2 atom stereocenters. The Kier molecular flexibility index (Phi) is 15.9. The molecule has 2 saturated heterocycles. The van der Waals surface area contributed by atoms with E-state index in [2.05, 4.69) is 15.0 Å². The Morgan fingerprint density at radius 2 is 1.68 bits per heavy atom. The lowest BCUT2D eigenvalue weighted by molar-refractivity contribution is -0.147. The van der Waals surface area contributed by atoms with Crippen molar-refractivity contribution in [3.05, 3.63) is 136 Å². The Balaban J connectivity index is 1.19. The van der Waals surface area contributed by atoms with Gasteiger partial charge < -0.3 is 28.7 Å². The number of nitriles is 2. The SMILES string of the molecule is C[C@@H](SC1COC(C=CC=Cc2ccc(C#N)cc2F)OC1)[C@@](Cn1cncn1)(OC(=O)c1cc(C#N)ccc1COC(=O)CCC(=O)N1CCN(C)CC1)c1ccc(F)cc1F. The van der Waals surface area contributed by atoms with Crippen molar-refractivity contribution >= 4 is 35.7 Å². The molecule has 4 aromatic rings. The topological polar surface area (TPSA) is 173 Å². The number of likely N-dealkylation sites (N-methyl/N-ethyl adjacent to an activating group) is 1. The largest absolute Gasteiger partial charge is 0.461 e. The number of piperazine rings is 1. The van der Waals surface area contributed by atoms with Crippen LogP contribution in [0.5, 0.6) is 0 Å². The molecule has 0 spiro atoms. The summed E-state index contributed by atoms with van der Waals surface area (Å²) >= 11 is 1.26. The Hall–Kier alpha value is -6.31. The number of amides is 1. The van der Waals surface area contributed by atoms with E-state index in [9.17, 15) is 28.4 Å². The molecule has 2 aliphatic heterocycles. The minimum Gasteiger partial charge on any atom is -0.461 e. The molecule has 6 rings (SSSR count). The summed E-state index contributed by atoms with van der Waals surface area (Å²) in [4.78, 5) is 47.9. The van der Waals surface area contributed by atoms with Crippen molar-refractivity contribution in [1.82, 2.24) is 24.6 Å². The van der Waals surface area contributed by atoms with Crippen molar-refractivity contribution in [3.63, 3.8) is 0 Å². The van der Waals surface area contributed by atoms with Gasteiger partial charge in [0.1, 0.15) is 36.7 Å². The van der Waals surface area contributed by atoms with Gasteiger partial charge in [-0.2, -0.15) is 15.6 Å². The summed E-state index contributed by atoms with van der Waals surface area (Å²) in [5.41, 5.74) is -1.47. The molecule has 63 heavy (non-hydrogen) atoms. The summed E-state index contributed by atoms with van der Waals surface area (Å²) in [6, 6.07) is 15.1. The number of carbonyl (C=O) groups is 3. The molecule has 3 heterocycles. The van der Waals surface area contributed by atoms with E-state index in [1.807, 2.05) is 19.2 Å². The van der Waals surface area contributed by atoms with Crippen molar-refractivity contribution in [2.75, 3.05) is 46.4 Å². The average molecular weight is 884 g/mol. The monoisotopic (exact) mass is 883 g/mol. The first-order valence-electron chi connectivity index (χ1n) is 20.0. The second-order valence-electron chi connectivity index (χ2n) is 14.9. The molecule has 0 radical (unpaired) electrons. The zero-order valence-electron chi connectivity index (χ0n) is 34.5. The fourth-order valence-corrected chi connectivity index (χ4v) is 8.32. The fraction of sp³-hybridized carbons (Fsp3) is 0.356. The number of hydrogen-bond acceptors (Lipinski definition) is 13. The highest BCUT2D eigenvalue weighted by Gasteiger charge is 2.47. The van der Waals surface area contributed by atoms with Gasteiger partial charge in [-0.25, -0.2) is 27.6 Å². The normalized spacial score (nSPS) is 18.4. The summed E-state index contributed by atoms with van der Waals surface area (Å²) < 4.78 is 69.9. The number of esters is 2. The Morgan fingerprint density at radius 1 is 0.952 bits per heavy atom. The van der Waals surface area contributed by atoms with Gasteiger partial charge in [-0.1, -0.05) is 30.4 Å². The Morgan fingerprint density at radius 3 is 2.37 bits per heavy atom. The zero-order valence-corrected chi connectivity index (χ0v) is 35.3. The highest BCUT2D eigenvalue weighted by Crippen LogP contribution is 2.42. The molecule has 328 valence electrons. The first kappa shape index (κ1) is 46.2. The van der Waals surface area contributed by atoms with E-state index in [-0.39, 0.29) is 71.6 Å². The Labute approximate surface area is 366 Å². The summed E-state index contributed by atoms with van der Waals surface area (Å²) in [6.07, 6.45) is 8.00. The van der Waals surface area contributed by atoms with Crippen molar-refractivity contribution in [2.24, 2.45) is 0 Å². The van der Waals surface area contributed by atoms with Gasteiger partial charge in [-0.15, -0.1) is 11.8 Å². The number of ether oxygens (including phenoxy) is 4. The molecule has 0 bridgehead atoms. The van der Waals surface area contributed by atoms with Gasteiger partial charge in [0.25, 0.3) is 0 Å². The summed E-state index contributed by atoms with van der Waals surface area (Å²) in [7, 11) is 1.97. The number of aromatic nitrogens is 3. The number of carbonyl (C=O) groups excluding carboxylic acids is 3. The van der Waals surface area contributed by atoms with Crippen LogP contribution in [0.4, 0.5) is 13.2 Å². The Bertz CT molecular complexity index is 2410. The average Bonchev–Trinajstić information content (AvgIpc) is 3.80. The van der Waals surface area contributed by atoms with E-state index < -0.39 is 53.1 Å². The van der Waals surface area contributed by atoms with Crippen molar-refractivity contribution < 1.29 is 46.5 Å². The fourth-order valence-electron chi connectivity index (χ4n) is 6.96. The van der Waals surface area contributed by atoms with Crippen LogP contribution in [0.25, 0.3) is 6.08 Å². The molecule has 0 N–H and O–H groups in total. The molecule has 1 amide bonds. The van der Waals surface area contributed by atoms with Crippen LogP contribution in [0.3, 0.4) is 0 Å². The van der Waals surface area contributed by atoms with E-state index >= 15 is 4.39 Å². The summed E-state index contributed by atoms with van der Waals surface area (Å²) in [5.74, 6) is -4.25. The van der Waals surface area contributed by atoms with Gasteiger partial charge in [-0.05, 0) is 56.4 Å². The summed E-state index contributed by atoms with van der Waals surface area (Å²) in [5, 5.41) is 21.7. The predicted molar refractivity (Wildman–Crippen MR) is 224 cm³/mol. The second kappa shape index (κ2) is 21.7. The predicted octanol–water partition coefficient (Wildman–Crippen LogP) is 5.92. The van der Waals surface area contributed by atoms with Crippen LogP contribution in [-0.2, 0) is 47.3 Å². The van der Waals surface area contributed by atoms with Gasteiger partial charge in [-0.3, -0.25) is 9.59 Å². The van der Waals surface area contributed by atoms with Gasteiger partial charge in [0, 0.05) is 60.6 Å². The number of hydrogen-bond donors (Lipinski definition) is 0. The number of thioether (sulfide) groups is 1.